The summed E-state index contributed by atoms with van der Waals surface area (Å²) in [4.78, 5) is 2.40. The van der Waals surface area contributed by atoms with Crippen LogP contribution in [-0.4, -0.2) is 50.3 Å². The third-order valence-electron chi connectivity index (χ3n) is 2.88. The van der Waals surface area contributed by atoms with E-state index in [0.29, 0.717) is 12.1 Å². The van der Waals surface area contributed by atoms with Crippen LogP contribution in [0.4, 0.5) is 0 Å². The number of ether oxygens (including phenoxy) is 1. The van der Waals surface area contributed by atoms with Crippen LogP contribution in [-0.2, 0) is 4.74 Å². The summed E-state index contributed by atoms with van der Waals surface area (Å²) < 4.78 is 5.08. The molecular formula is C10H22N2O. The molecule has 0 spiro atoms. The van der Waals surface area contributed by atoms with Gasteiger partial charge in [-0.05, 0) is 20.4 Å². The molecule has 3 nitrogen and oxygen atoms in total. The molecule has 0 aromatic rings. The van der Waals surface area contributed by atoms with E-state index in [4.69, 9.17) is 4.74 Å². The maximum absolute atomic E-state index is 5.08. The summed E-state index contributed by atoms with van der Waals surface area (Å²) in [6.45, 7) is 8.50. The second kappa shape index (κ2) is 5.58. The van der Waals surface area contributed by atoms with Gasteiger partial charge in [0.25, 0.3) is 0 Å². The Morgan fingerprint density at radius 2 is 2.23 bits per heavy atom. The maximum Gasteiger partial charge on any atom is 0.0643 e. The van der Waals surface area contributed by atoms with Crippen LogP contribution in [0, 0.1) is 0 Å². The van der Waals surface area contributed by atoms with Gasteiger partial charge in [-0.25, -0.2) is 0 Å². The van der Waals surface area contributed by atoms with Gasteiger partial charge in [0.2, 0.25) is 0 Å². The highest BCUT2D eigenvalue weighted by Crippen LogP contribution is 2.00. The lowest BCUT2D eigenvalue weighted by atomic mass is 10.2. The van der Waals surface area contributed by atoms with Crippen LogP contribution in [0.25, 0.3) is 0 Å². The Kier molecular flexibility index (Phi) is 4.70. The van der Waals surface area contributed by atoms with Gasteiger partial charge in [0.05, 0.1) is 19.3 Å². The SMILES string of the molecule is CCC(C)N(C)CCNC1COC1. The summed E-state index contributed by atoms with van der Waals surface area (Å²) in [5.41, 5.74) is 0. The Hall–Kier alpha value is -0.120. The molecule has 1 aliphatic heterocycles. The summed E-state index contributed by atoms with van der Waals surface area (Å²) in [5, 5.41) is 3.46. The molecule has 1 unspecified atom stereocenters. The zero-order valence-corrected chi connectivity index (χ0v) is 9.05. The summed E-state index contributed by atoms with van der Waals surface area (Å²) >= 11 is 0. The second-order valence-corrected chi connectivity index (χ2v) is 3.93. The molecule has 0 aromatic carbocycles. The topological polar surface area (TPSA) is 24.5 Å². The molecule has 1 fully saturated rings. The van der Waals surface area contributed by atoms with E-state index >= 15 is 0 Å². The third-order valence-corrected chi connectivity index (χ3v) is 2.88. The largest absolute Gasteiger partial charge is 0.378 e. The number of rotatable bonds is 6. The summed E-state index contributed by atoms with van der Waals surface area (Å²) in [5.74, 6) is 0. The van der Waals surface area contributed by atoms with Crippen molar-refractivity contribution in [1.29, 1.82) is 0 Å². The van der Waals surface area contributed by atoms with Crippen LogP contribution >= 0.6 is 0 Å². The molecule has 13 heavy (non-hydrogen) atoms. The van der Waals surface area contributed by atoms with Gasteiger partial charge < -0.3 is 15.0 Å². The van der Waals surface area contributed by atoms with E-state index in [0.717, 1.165) is 26.3 Å². The predicted molar refractivity (Wildman–Crippen MR) is 55.0 cm³/mol. The van der Waals surface area contributed by atoms with E-state index < -0.39 is 0 Å². The quantitative estimate of drug-likeness (QED) is 0.661. The first-order valence-electron chi connectivity index (χ1n) is 5.25. The zero-order chi connectivity index (χ0) is 9.68. The Morgan fingerprint density at radius 1 is 1.54 bits per heavy atom. The van der Waals surface area contributed by atoms with Crippen LogP contribution in [0.15, 0.2) is 0 Å². The highest BCUT2D eigenvalue weighted by atomic mass is 16.5. The minimum absolute atomic E-state index is 0.616. The average Bonchev–Trinajstić information content (AvgIpc) is 2.07. The van der Waals surface area contributed by atoms with Gasteiger partial charge >= 0.3 is 0 Å². The number of hydrogen-bond acceptors (Lipinski definition) is 3. The Balaban J connectivity index is 1.97. The monoisotopic (exact) mass is 186 g/mol. The van der Waals surface area contributed by atoms with Crippen molar-refractivity contribution in [3.8, 4) is 0 Å². The van der Waals surface area contributed by atoms with E-state index in [-0.39, 0.29) is 0 Å². The van der Waals surface area contributed by atoms with E-state index in [2.05, 4.69) is 31.1 Å². The molecule has 0 aromatic heterocycles. The molecule has 0 bridgehead atoms. The molecule has 3 heteroatoms. The van der Waals surface area contributed by atoms with Crippen LogP contribution in [0.3, 0.4) is 0 Å². The summed E-state index contributed by atoms with van der Waals surface area (Å²) in [6.07, 6.45) is 1.23. The smallest absolute Gasteiger partial charge is 0.0643 e. The lowest BCUT2D eigenvalue weighted by molar-refractivity contribution is -0.00576. The van der Waals surface area contributed by atoms with Gasteiger partial charge in [-0.3, -0.25) is 0 Å². The molecule has 78 valence electrons. The standard InChI is InChI=1S/C10H22N2O/c1-4-9(2)12(3)6-5-11-10-7-13-8-10/h9-11H,4-8H2,1-3H3. The van der Waals surface area contributed by atoms with Gasteiger partial charge in [0, 0.05) is 19.1 Å². The Morgan fingerprint density at radius 3 is 2.69 bits per heavy atom. The van der Waals surface area contributed by atoms with Crippen LogP contribution < -0.4 is 5.32 Å². The molecule has 1 aliphatic rings. The first-order chi connectivity index (χ1) is 6.24. The van der Waals surface area contributed by atoms with Crippen molar-refractivity contribution in [2.75, 3.05) is 33.4 Å². The van der Waals surface area contributed by atoms with Gasteiger partial charge in [-0.1, -0.05) is 6.92 Å². The fourth-order valence-corrected chi connectivity index (χ4v) is 1.33. The van der Waals surface area contributed by atoms with Crippen molar-refractivity contribution >= 4 is 0 Å². The highest BCUT2D eigenvalue weighted by Gasteiger charge is 2.17. The molecule has 0 saturated carbocycles. The van der Waals surface area contributed by atoms with Gasteiger partial charge in [0.1, 0.15) is 0 Å². The van der Waals surface area contributed by atoms with Gasteiger partial charge in [-0.2, -0.15) is 0 Å². The zero-order valence-electron chi connectivity index (χ0n) is 9.05. The molecule has 1 saturated heterocycles. The second-order valence-electron chi connectivity index (χ2n) is 3.93. The van der Waals surface area contributed by atoms with E-state index in [1.165, 1.54) is 6.42 Å². The van der Waals surface area contributed by atoms with E-state index in [9.17, 15) is 0 Å². The average molecular weight is 186 g/mol. The molecule has 0 radical (unpaired) electrons. The molecular weight excluding hydrogens is 164 g/mol. The van der Waals surface area contributed by atoms with Crippen molar-refractivity contribution in [3.63, 3.8) is 0 Å². The molecule has 1 atom stereocenters. The van der Waals surface area contributed by atoms with Crippen molar-refractivity contribution in [3.05, 3.63) is 0 Å². The first kappa shape index (κ1) is 11.0. The predicted octanol–water partition coefficient (Wildman–Crippen LogP) is 0.705. The Labute approximate surface area is 81.4 Å². The van der Waals surface area contributed by atoms with Gasteiger partial charge in [-0.15, -0.1) is 0 Å². The molecule has 1 N–H and O–H groups in total. The van der Waals surface area contributed by atoms with E-state index in [1.54, 1.807) is 0 Å². The fraction of sp³-hybridized carbons (Fsp3) is 1.00. The minimum Gasteiger partial charge on any atom is -0.378 e. The number of nitrogens with zero attached hydrogens (tertiary/aromatic N) is 1. The normalized spacial score (nSPS) is 20.3. The molecule has 1 rings (SSSR count). The highest BCUT2D eigenvalue weighted by molar-refractivity contribution is 4.73. The Bertz CT molecular complexity index is 137. The molecule has 0 aliphatic carbocycles. The molecule has 1 heterocycles. The summed E-state index contributed by atoms with van der Waals surface area (Å²) in [6, 6.07) is 1.31. The fourth-order valence-electron chi connectivity index (χ4n) is 1.33. The number of likely N-dealkylation sites (N-methyl/N-ethyl adjacent to an activating group) is 1. The third kappa shape index (κ3) is 3.63. The molecule has 0 amide bonds. The summed E-state index contributed by atoms with van der Waals surface area (Å²) in [7, 11) is 2.19. The van der Waals surface area contributed by atoms with Crippen molar-refractivity contribution < 1.29 is 4.74 Å². The van der Waals surface area contributed by atoms with Crippen molar-refractivity contribution in [2.24, 2.45) is 0 Å². The van der Waals surface area contributed by atoms with Crippen molar-refractivity contribution in [2.45, 2.75) is 32.4 Å². The van der Waals surface area contributed by atoms with Crippen LogP contribution in [0.2, 0.25) is 0 Å². The van der Waals surface area contributed by atoms with E-state index in [1.807, 2.05) is 0 Å². The number of hydrogen-bond donors (Lipinski definition) is 1. The van der Waals surface area contributed by atoms with Crippen LogP contribution in [0.5, 0.6) is 0 Å². The number of nitrogens with one attached hydrogen (secondary N) is 1. The first-order valence-corrected chi connectivity index (χ1v) is 5.25. The van der Waals surface area contributed by atoms with Gasteiger partial charge in [0.15, 0.2) is 0 Å². The van der Waals surface area contributed by atoms with Crippen molar-refractivity contribution in [1.82, 2.24) is 10.2 Å². The maximum atomic E-state index is 5.08. The minimum atomic E-state index is 0.616. The lowest BCUT2D eigenvalue weighted by Gasteiger charge is -2.29. The van der Waals surface area contributed by atoms with Crippen LogP contribution in [0.1, 0.15) is 20.3 Å². The lowest BCUT2D eigenvalue weighted by Crippen LogP contribution is -2.48.